The van der Waals surface area contributed by atoms with Crippen LogP contribution in [0.5, 0.6) is 0 Å². The molecule has 0 aliphatic heterocycles. The van der Waals surface area contributed by atoms with E-state index in [1.807, 2.05) is 0 Å². The molecule has 1 aromatic rings. The lowest BCUT2D eigenvalue weighted by molar-refractivity contribution is 0.147. The van der Waals surface area contributed by atoms with Gasteiger partial charge in [-0.1, -0.05) is 12.1 Å². The fourth-order valence-corrected chi connectivity index (χ4v) is 1.82. The molecule has 0 aliphatic carbocycles. The fraction of sp³-hybridized carbons (Fsp3) is 0.364. The van der Waals surface area contributed by atoms with Crippen molar-refractivity contribution in [3.05, 3.63) is 29.8 Å². The molecule has 7 heteroatoms. The molecule has 0 aliphatic rings. The topological polar surface area (TPSA) is 92.7 Å². The van der Waals surface area contributed by atoms with E-state index in [1.165, 1.54) is 19.2 Å². The Morgan fingerprint density at radius 1 is 1.33 bits per heavy atom. The van der Waals surface area contributed by atoms with Gasteiger partial charge in [0.1, 0.15) is 0 Å². The number of amides is 1. The summed E-state index contributed by atoms with van der Waals surface area (Å²) in [5, 5.41) is 2.33. The standard InChI is InChI=1S/C11H15NO5S/c1-12-11(13)17-8-2-3-9-4-6-10(7-5-9)18(14,15)16/h4-7H,2-3,8H2,1H3,(H,12,13)(H,14,15,16). The van der Waals surface area contributed by atoms with Gasteiger partial charge in [0.05, 0.1) is 11.5 Å². The second-order valence-corrected chi connectivity index (χ2v) is 5.03. The highest BCUT2D eigenvalue weighted by Crippen LogP contribution is 2.11. The Kier molecular flexibility index (Phi) is 5.11. The zero-order chi connectivity index (χ0) is 13.6. The Morgan fingerprint density at radius 3 is 2.44 bits per heavy atom. The van der Waals surface area contributed by atoms with Gasteiger partial charge in [0.2, 0.25) is 0 Å². The van der Waals surface area contributed by atoms with Crippen molar-refractivity contribution in [2.75, 3.05) is 13.7 Å². The van der Waals surface area contributed by atoms with Crippen LogP contribution < -0.4 is 5.32 Å². The maximum atomic E-state index is 10.8. The van der Waals surface area contributed by atoms with Crippen molar-refractivity contribution in [1.29, 1.82) is 0 Å². The summed E-state index contributed by atoms with van der Waals surface area (Å²) >= 11 is 0. The van der Waals surface area contributed by atoms with E-state index in [0.717, 1.165) is 5.56 Å². The summed E-state index contributed by atoms with van der Waals surface area (Å²) in [5.74, 6) is 0. The SMILES string of the molecule is CNC(=O)OCCCc1ccc(S(=O)(=O)O)cc1. The molecule has 0 aromatic heterocycles. The first kappa shape index (κ1) is 14.5. The molecule has 0 spiro atoms. The van der Waals surface area contributed by atoms with Gasteiger partial charge in [-0.3, -0.25) is 4.55 Å². The fourth-order valence-electron chi connectivity index (χ4n) is 1.34. The molecule has 0 heterocycles. The number of aryl methyl sites for hydroxylation is 1. The number of carbonyl (C=O) groups excluding carboxylic acids is 1. The van der Waals surface area contributed by atoms with Crippen LogP contribution in [-0.4, -0.2) is 32.7 Å². The van der Waals surface area contributed by atoms with E-state index in [2.05, 4.69) is 5.32 Å². The highest BCUT2D eigenvalue weighted by molar-refractivity contribution is 7.85. The lowest BCUT2D eigenvalue weighted by atomic mass is 10.1. The molecule has 2 N–H and O–H groups in total. The van der Waals surface area contributed by atoms with Crippen LogP contribution in [0.15, 0.2) is 29.2 Å². The van der Waals surface area contributed by atoms with E-state index in [4.69, 9.17) is 9.29 Å². The quantitative estimate of drug-likeness (QED) is 0.621. The average molecular weight is 273 g/mol. The van der Waals surface area contributed by atoms with Crippen LogP contribution in [0.25, 0.3) is 0 Å². The van der Waals surface area contributed by atoms with E-state index in [-0.39, 0.29) is 4.90 Å². The Balaban J connectivity index is 2.43. The predicted octanol–water partition coefficient (Wildman–Crippen LogP) is 1.22. The Bertz CT molecular complexity index is 495. The lowest BCUT2D eigenvalue weighted by Crippen LogP contribution is -2.19. The molecule has 1 rings (SSSR count). The van der Waals surface area contributed by atoms with Gasteiger partial charge in [-0.15, -0.1) is 0 Å². The van der Waals surface area contributed by atoms with Crippen LogP contribution in [0.1, 0.15) is 12.0 Å². The number of benzene rings is 1. The Labute approximate surface area is 106 Å². The third-order valence-electron chi connectivity index (χ3n) is 2.27. The third kappa shape index (κ3) is 4.72. The van der Waals surface area contributed by atoms with Crippen LogP contribution in [-0.2, 0) is 21.3 Å². The first-order valence-electron chi connectivity index (χ1n) is 5.34. The minimum atomic E-state index is -4.14. The Hall–Kier alpha value is -1.60. The van der Waals surface area contributed by atoms with Gasteiger partial charge in [0, 0.05) is 7.05 Å². The van der Waals surface area contributed by atoms with Crippen molar-refractivity contribution < 1.29 is 22.5 Å². The van der Waals surface area contributed by atoms with E-state index < -0.39 is 16.2 Å². The van der Waals surface area contributed by atoms with Gasteiger partial charge in [-0.2, -0.15) is 8.42 Å². The highest BCUT2D eigenvalue weighted by atomic mass is 32.2. The second kappa shape index (κ2) is 6.36. The molecule has 0 fully saturated rings. The summed E-state index contributed by atoms with van der Waals surface area (Å²) in [5.41, 5.74) is 0.905. The molecule has 1 aromatic carbocycles. The van der Waals surface area contributed by atoms with Crippen molar-refractivity contribution in [3.8, 4) is 0 Å². The van der Waals surface area contributed by atoms with Gasteiger partial charge in [0.15, 0.2) is 0 Å². The molecule has 0 unspecified atom stereocenters. The van der Waals surface area contributed by atoms with Crippen LogP contribution in [0, 0.1) is 0 Å². The third-order valence-corrected chi connectivity index (χ3v) is 3.14. The molecule has 100 valence electrons. The second-order valence-electron chi connectivity index (χ2n) is 3.61. The summed E-state index contributed by atoms with van der Waals surface area (Å²) in [6.07, 6.45) is 0.818. The lowest BCUT2D eigenvalue weighted by Gasteiger charge is -2.04. The zero-order valence-corrected chi connectivity index (χ0v) is 10.7. The van der Waals surface area contributed by atoms with Gasteiger partial charge in [0.25, 0.3) is 10.1 Å². The van der Waals surface area contributed by atoms with Gasteiger partial charge in [-0.25, -0.2) is 4.79 Å². The normalized spacial score (nSPS) is 11.0. The average Bonchev–Trinajstić information content (AvgIpc) is 2.33. The summed E-state index contributed by atoms with van der Waals surface area (Å²) in [4.78, 5) is 10.6. The van der Waals surface area contributed by atoms with Crippen LogP contribution in [0.4, 0.5) is 4.79 Å². The van der Waals surface area contributed by atoms with Gasteiger partial charge in [-0.05, 0) is 30.5 Å². The van der Waals surface area contributed by atoms with Crippen LogP contribution in [0.3, 0.4) is 0 Å². The highest BCUT2D eigenvalue weighted by Gasteiger charge is 2.08. The molecule has 1 amide bonds. The van der Waals surface area contributed by atoms with E-state index >= 15 is 0 Å². The van der Waals surface area contributed by atoms with Crippen molar-refractivity contribution in [1.82, 2.24) is 5.32 Å². The van der Waals surface area contributed by atoms with Gasteiger partial charge < -0.3 is 10.1 Å². The summed E-state index contributed by atoms with van der Waals surface area (Å²) in [7, 11) is -2.65. The Morgan fingerprint density at radius 2 is 1.94 bits per heavy atom. The molecule has 0 bridgehead atoms. The number of rotatable bonds is 5. The first-order valence-corrected chi connectivity index (χ1v) is 6.78. The molecule has 18 heavy (non-hydrogen) atoms. The van der Waals surface area contributed by atoms with Crippen molar-refractivity contribution in [2.24, 2.45) is 0 Å². The van der Waals surface area contributed by atoms with Crippen molar-refractivity contribution >= 4 is 16.2 Å². The zero-order valence-electron chi connectivity index (χ0n) is 9.92. The molecule has 6 nitrogen and oxygen atoms in total. The molecule has 0 radical (unpaired) electrons. The number of nitrogens with one attached hydrogen (secondary N) is 1. The molecular weight excluding hydrogens is 258 g/mol. The number of alkyl carbamates (subject to hydrolysis) is 1. The number of ether oxygens (including phenoxy) is 1. The minimum Gasteiger partial charge on any atom is -0.450 e. The van der Waals surface area contributed by atoms with Crippen molar-refractivity contribution in [3.63, 3.8) is 0 Å². The first-order chi connectivity index (χ1) is 8.43. The maximum Gasteiger partial charge on any atom is 0.406 e. The largest absolute Gasteiger partial charge is 0.450 e. The van der Waals surface area contributed by atoms with Crippen LogP contribution in [0.2, 0.25) is 0 Å². The molecule has 0 saturated heterocycles. The maximum absolute atomic E-state index is 10.8. The van der Waals surface area contributed by atoms with E-state index in [1.54, 1.807) is 12.1 Å². The molecule has 0 saturated carbocycles. The summed E-state index contributed by atoms with van der Waals surface area (Å²) < 4.78 is 35.2. The monoisotopic (exact) mass is 273 g/mol. The van der Waals surface area contributed by atoms with E-state index in [0.29, 0.717) is 19.4 Å². The molecular formula is C11H15NO5S. The number of hydrogen-bond donors (Lipinski definition) is 2. The summed E-state index contributed by atoms with van der Waals surface area (Å²) in [6, 6.07) is 5.90. The predicted molar refractivity (Wildman–Crippen MR) is 65.0 cm³/mol. The number of carbonyl (C=O) groups is 1. The van der Waals surface area contributed by atoms with E-state index in [9.17, 15) is 13.2 Å². The van der Waals surface area contributed by atoms with Crippen molar-refractivity contribution in [2.45, 2.75) is 17.7 Å². The molecule has 0 atom stereocenters. The summed E-state index contributed by atoms with van der Waals surface area (Å²) in [6.45, 7) is 0.291. The van der Waals surface area contributed by atoms with Crippen LogP contribution >= 0.6 is 0 Å². The minimum absolute atomic E-state index is 0.132. The van der Waals surface area contributed by atoms with Gasteiger partial charge >= 0.3 is 6.09 Å². The number of hydrogen-bond acceptors (Lipinski definition) is 4. The smallest absolute Gasteiger partial charge is 0.406 e.